The van der Waals surface area contributed by atoms with Gasteiger partial charge in [0, 0.05) is 29.1 Å². The van der Waals surface area contributed by atoms with Gasteiger partial charge in [-0.2, -0.15) is 13.2 Å². The van der Waals surface area contributed by atoms with Gasteiger partial charge in [-0.05, 0) is 49.7 Å². The van der Waals surface area contributed by atoms with Crippen molar-refractivity contribution in [3.63, 3.8) is 0 Å². The van der Waals surface area contributed by atoms with Gasteiger partial charge in [-0.3, -0.25) is 0 Å². The van der Waals surface area contributed by atoms with Crippen LogP contribution in [0, 0.1) is 11.8 Å². The Kier molecular flexibility index (Phi) is 6.71. The maximum absolute atomic E-state index is 12.7. The van der Waals surface area contributed by atoms with Gasteiger partial charge in [0.25, 0.3) is 0 Å². The van der Waals surface area contributed by atoms with E-state index in [2.05, 4.69) is 11.8 Å². The molecule has 1 unspecified atom stereocenters. The van der Waals surface area contributed by atoms with E-state index in [0.717, 1.165) is 28.6 Å². The number of carboxylic acids is 1. The lowest BCUT2D eigenvalue weighted by atomic mass is 10.1. The summed E-state index contributed by atoms with van der Waals surface area (Å²) in [6.45, 7) is 3.89. The predicted molar refractivity (Wildman–Crippen MR) is 112 cm³/mol. The number of aliphatic carboxylic acids is 1. The molecule has 3 rings (SSSR count). The zero-order chi connectivity index (χ0) is 22.6. The van der Waals surface area contributed by atoms with Crippen LogP contribution in [-0.4, -0.2) is 27.9 Å². The molecular weight excluding hydrogens is 407 g/mol. The fourth-order valence-electron chi connectivity index (χ4n) is 3.31. The quantitative estimate of drug-likeness (QED) is 0.553. The average molecular weight is 429 g/mol. The first kappa shape index (κ1) is 22.4. The molecule has 0 saturated carbocycles. The molecular formula is C24H22F3NO3. The van der Waals surface area contributed by atoms with Gasteiger partial charge in [0.05, 0.1) is 18.2 Å². The fourth-order valence-corrected chi connectivity index (χ4v) is 3.31. The van der Waals surface area contributed by atoms with Crippen molar-refractivity contribution in [2.45, 2.75) is 45.2 Å². The van der Waals surface area contributed by atoms with Crippen LogP contribution in [0.3, 0.4) is 0 Å². The van der Waals surface area contributed by atoms with E-state index in [4.69, 9.17) is 4.74 Å². The molecule has 0 aliphatic rings. The van der Waals surface area contributed by atoms with Crippen molar-refractivity contribution in [2.24, 2.45) is 0 Å². The summed E-state index contributed by atoms with van der Waals surface area (Å²) in [4.78, 5) is 11.6. The minimum Gasteiger partial charge on any atom is -0.479 e. The number of halogens is 3. The molecule has 0 radical (unpaired) electrons. The van der Waals surface area contributed by atoms with Gasteiger partial charge in [0.2, 0.25) is 0 Å². The van der Waals surface area contributed by atoms with Crippen LogP contribution in [0.5, 0.6) is 0 Å². The van der Waals surface area contributed by atoms with E-state index in [1.54, 1.807) is 13.8 Å². The average Bonchev–Trinajstić information content (AvgIpc) is 3.04. The van der Waals surface area contributed by atoms with Gasteiger partial charge in [-0.25, -0.2) is 4.79 Å². The highest BCUT2D eigenvalue weighted by atomic mass is 19.4. The van der Waals surface area contributed by atoms with Gasteiger partial charge in [0.15, 0.2) is 6.10 Å². The van der Waals surface area contributed by atoms with Crippen molar-refractivity contribution >= 4 is 16.9 Å². The summed E-state index contributed by atoms with van der Waals surface area (Å²) >= 11 is 0. The van der Waals surface area contributed by atoms with Gasteiger partial charge in [-0.15, -0.1) is 0 Å². The lowest BCUT2D eigenvalue weighted by Gasteiger charge is -2.16. The Morgan fingerprint density at radius 1 is 1.13 bits per heavy atom. The molecule has 0 saturated heterocycles. The Hall–Kier alpha value is -3.24. The SMILES string of the molecule is CC(C)OC(Cc1cn(CC#Cc2ccc(C(F)(F)F)cc2)c2ccccc12)C(=O)O. The zero-order valence-electron chi connectivity index (χ0n) is 17.1. The topological polar surface area (TPSA) is 51.5 Å². The van der Waals surface area contributed by atoms with Crippen LogP contribution in [0.15, 0.2) is 54.7 Å². The molecule has 4 nitrogen and oxygen atoms in total. The van der Waals surface area contributed by atoms with Crippen molar-refractivity contribution in [3.8, 4) is 11.8 Å². The molecule has 31 heavy (non-hydrogen) atoms. The molecule has 162 valence electrons. The van der Waals surface area contributed by atoms with Crippen molar-refractivity contribution in [1.29, 1.82) is 0 Å². The Bertz CT molecular complexity index is 1120. The maximum Gasteiger partial charge on any atom is 0.416 e. The third-order valence-corrected chi connectivity index (χ3v) is 4.68. The Morgan fingerprint density at radius 2 is 1.81 bits per heavy atom. The second-order valence-corrected chi connectivity index (χ2v) is 7.39. The number of hydrogen-bond donors (Lipinski definition) is 1. The van der Waals surface area contributed by atoms with Crippen molar-refractivity contribution < 1.29 is 27.8 Å². The minimum absolute atomic E-state index is 0.216. The van der Waals surface area contributed by atoms with Crippen LogP contribution in [0.4, 0.5) is 13.2 Å². The summed E-state index contributed by atoms with van der Waals surface area (Å²) in [6, 6.07) is 12.3. The van der Waals surface area contributed by atoms with Crippen LogP contribution in [-0.2, 0) is 28.7 Å². The molecule has 1 atom stereocenters. The predicted octanol–water partition coefficient (Wildman–Crippen LogP) is 5.13. The summed E-state index contributed by atoms with van der Waals surface area (Å²) < 4.78 is 45.4. The first-order valence-corrected chi connectivity index (χ1v) is 9.76. The summed E-state index contributed by atoms with van der Waals surface area (Å²) in [5.74, 6) is 4.83. The maximum atomic E-state index is 12.7. The van der Waals surface area contributed by atoms with Gasteiger partial charge in [-0.1, -0.05) is 30.0 Å². The second-order valence-electron chi connectivity index (χ2n) is 7.39. The van der Waals surface area contributed by atoms with E-state index in [1.807, 2.05) is 35.0 Å². The molecule has 1 aromatic heterocycles. The Balaban J connectivity index is 1.82. The number of rotatable bonds is 6. The number of carbonyl (C=O) groups is 1. The lowest BCUT2D eigenvalue weighted by Crippen LogP contribution is -2.29. The number of fused-ring (bicyclic) bond motifs is 1. The second kappa shape index (κ2) is 9.27. The van der Waals surface area contributed by atoms with Gasteiger partial charge in [0.1, 0.15) is 0 Å². The third-order valence-electron chi connectivity index (χ3n) is 4.68. The third kappa shape index (κ3) is 5.68. The summed E-state index contributed by atoms with van der Waals surface area (Å²) in [6.07, 6.45) is -3.49. The monoisotopic (exact) mass is 429 g/mol. The van der Waals surface area contributed by atoms with Crippen LogP contribution in [0.25, 0.3) is 10.9 Å². The van der Waals surface area contributed by atoms with Crippen molar-refractivity contribution in [1.82, 2.24) is 4.57 Å². The van der Waals surface area contributed by atoms with Crippen LogP contribution in [0.1, 0.15) is 30.5 Å². The molecule has 1 heterocycles. The molecule has 0 amide bonds. The number of ether oxygens (including phenoxy) is 1. The first-order valence-electron chi connectivity index (χ1n) is 9.76. The Labute approximate surface area is 178 Å². The van der Waals surface area contributed by atoms with Crippen LogP contribution in [0.2, 0.25) is 0 Å². The van der Waals surface area contributed by atoms with E-state index >= 15 is 0 Å². The van der Waals surface area contributed by atoms with Gasteiger partial charge < -0.3 is 14.4 Å². The molecule has 1 N–H and O–H groups in total. The highest BCUT2D eigenvalue weighted by molar-refractivity contribution is 5.85. The molecule has 3 aromatic rings. The highest BCUT2D eigenvalue weighted by Crippen LogP contribution is 2.29. The molecule has 0 aliphatic heterocycles. The molecule has 0 bridgehead atoms. The fraction of sp³-hybridized carbons (Fsp3) is 0.292. The minimum atomic E-state index is -4.38. The summed E-state index contributed by atoms with van der Waals surface area (Å²) in [7, 11) is 0. The molecule has 0 fully saturated rings. The van der Waals surface area contributed by atoms with Crippen molar-refractivity contribution in [2.75, 3.05) is 0 Å². The molecule has 0 spiro atoms. The van der Waals surface area contributed by atoms with Crippen LogP contribution >= 0.6 is 0 Å². The largest absolute Gasteiger partial charge is 0.479 e. The lowest BCUT2D eigenvalue weighted by molar-refractivity contribution is -0.153. The van der Waals surface area contributed by atoms with E-state index in [-0.39, 0.29) is 12.5 Å². The Morgan fingerprint density at radius 3 is 2.42 bits per heavy atom. The van der Waals surface area contributed by atoms with Crippen LogP contribution < -0.4 is 0 Å². The van der Waals surface area contributed by atoms with E-state index in [0.29, 0.717) is 12.1 Å². The summed E-state index contributed by atoms with van der Waals surface area (Å²) in [5.41, 5.74) is 1.50. The van der Waals surface area contributed by atoms with E-state index in [9.17, 15) is 23.1 Å². The number of para-hydroxylation sites is 1. The smallest absolute Gasteiger partial charge is 0.416 e. The highest BCUT2D eigenvalue weighted by Gasteiger charge is 2.29. The number of benzene rings is 2. The standard InChI is InChI=1S/C24H22F3NO3/c1-16(2)31-22(23(29)30)14-18-15-28(21-8-4-3-7-20(18)21)13-5-6-17-9-11-19(12-10-17)24(25,26)27/h3-4,7-12,15-16,22H,13-14H2,1-2H3,(H,29,30). The number of aromatic nitrogens is 1. The number of alkyl halides is 3. The molecule has 2 aromatic carbocycles. The van der Waals surface area contributed by atoms with Crippen molar-refractivity contribution in [3.05, 3.63) is 71.4 Å². The number of carboxylic acid groups (broad SMARTS) is 1. The van der Waals surface area contributed by atoms with E-state index in [1.165, 1.54) is 12.1 Å². The van der Waals surface area contributed by atoms with E-state index < -0.39 is 23.8 Å². The molecule has 0 aliphatic carbocycles. The first-order chi connectivity index (χ1) is 14.6. The number of nitrogens with zero attached hydrogens (tertiary/aromatic N) is 1. The normalized spacial score (nSPS) is 12.6. The molecule has 7 heteroatoms. The van der Waals surface area contributed by atoms with Gasteiger partial charge >= 0.3 is 12.1 Å². The summed E-state index contributed by atoms with van der Waals surface area (Å²) in [5, 5.41) is 10.4. The zero-order valence-corrected chi connectivity index (χ0v) is 17.1. The number of hydrogen-bond acceptors (Lipinski definition) is 2.